The predicted octanol–water partition coefficient (Wildman–Crippen LogP) is 3.94. The second-order valence-corrected chi connectivity index (χ2v) is 8.09. The minimum atomic E-state index is -3.78. The van der Waals surface area contributed by atoms with E-state index in [2.05, 4.69) is 14.8 Å². The van der Waals surface area contributed by atoms with Crippen LogP contribution in [0, 0.1) is 0 Å². The van der Waals surface area contributed by atoms with Crippen molar-refractivity contribution in [2.24, 2.45) is 0 Å². The summed E-state index contributed by atoms with van der Waals surface area (Å²) in [4.78, 5) is 12.3. The van der Waals surface area contributed by atoms with Gasteiger partial charge in [0.25, 0.3) is 0 Å². The van der Waals surface area contributed by atoms with E-state index in [1.165, 1.54) is 12.1 Å². The number of alkyl carbamates (subject to hydrolysis) is 1. The zero-order valence-electron chi connectivity index (χ0n) is 17.8. The van der Waals surface area contributed by atoms with E-state index in [1.807, 2.05) is 48.5 Å². The summed E-state index contributed by atoms with van der Waals surface area (Å²) in [5.41, 5.74) is 4.47. The highest BCUT2D eigenvalue weighted by molar-refractivity contribution is 5.79. The fraction of sp³-hybridized carbons (Fsp3) is 0.240. The van der Waals surface area contributed by atoms with Crippen LogP contribution in [-0.2, 0) is 4.74 Å². The maximum atomic E-state index is 13.2. The minimum Gasteiger partial charge on any atom is -0.449 e. The predicted molar refractivity (Wildman–Crippen MR) is 117 cm³/mol. The molecular formula is C25H21F2NO6. The van der Waals surface area contributed by atoms with Crippen LogP contribution in [0.5, 0.6) is 11.5 Å². The SMILES string of the molecule is O=C(NCC(O)C(O)c1ccc2c(c1)OC(F)(F)O2)OCC1c2ccccc2-c2ccccc21. The van der Waals surface area contributed by atoms with Crippen LogP contribution < -0.4 is 14.8 Å². The summed E-state index contributed by atoms with van der Waals surface area (Å²) in [6.07, 6.45) is -7.41. The number of aliphatic hydroxyl groups is 2. The van der Waals surface area contributed by atoms with Gasteiger partial charge in [-0.2, -0.15) is 0 Å². The van der Waals surface area contributed by atoms with Crippen molar-refractivity contribution >= 4 is 6.09 Å². The fourth-order valence-electron chi connectivity index (χ4n) is 4.32. The number of carbonyl (C=O) groups excluding carboxylic acids is 1. The van der Waals surface area contributed by atoms with Crippen LogP contribution in [0.1, 0.15) is 28.7 Å². The molecule has 0 aromatic heterocycles. The molecule has 7 nitrogen and oxygen atoms in total. The van der Waals surface area contributed by atoms with E-state index in [0.29, 0.717) is 0 Å². The molecule has 0 saturated heterocycles. The molecule has 0 fully saturated rings. The quantitative estimate of drug-likeness (QED) is 0.506. The van der Waals surface area contributed by atoms with Crippen LogP contribution in [0.2, 0.25) is 0 Å². The van der Waals surface area contributed by atoms with Crippen LogP contribution in [0.25, 0.3) is 11.1 Å². The van der Waals surface area contributed by atoms with Gasteiger partial charge < -0.3 is 29.7 Å². The van der Waals surface area contributed by atoms with E-state index >= 15 is 0 Å². The topological polar surface area (TPSA) is 97.3 Å². The molecule has 5 rings (SSSR count). The summed E-state index contributed by atoms with van der Waals surface area (Å²) < 4.78 is 40.4. The van der Waals surface area contributed by atoms with Gasteiger partial charge in [-0.05, 0) is 39.9 Å². The van der Waals surface area contributed by atoms with Crippen molar-refractivity contribution in [3.05, 3.63) is 83.4 Å². The number of nitrogens with one attached hydrogen (secondary N) is 1. The van der Waals surface area contributed by atoms with E-state index in [4.69, 9.17) is 4.74 Å². The Labute approximate surface area is 193 Å². The van der Waals surface area contributed by atoms with Crippen molar-refractivity contribution in [3.63, 3.8) is 0 Å². The number of ether oxygens (including phenoxy) is 3. The van der Waals surface area contributed by atoms with Crippen molar-refractivity contribution in [1.29, 1.82) is 0 Å². The van der Waals surface area contributed by atoms with Gasteiger partial charge in [0.2, 0.25) is 0 Å². The summed E-state index contributed by atoms with van der Waals surface area (Å²) in [6.45, 7) is -0.211. The first-order chi connectivity index (χ1) is 16.3. The summed E-state index contributed by atoms with van der Waals surface area (Å²) in [5.74, 6) is -0.536. The first-order valence-corrected chi connectivity index (χ1v) is 10.7. The first kappa shape index (κ1) is 22.1. The lowest BCUT2D eigenvalue weighted by Crippen LogP contribution is -2.36. The van der Waals surface area contributed by atoms with Crippen LogP contribution in [0.4, 0.5) is 13.6 Å². The lowest BCUT2D eigenvalue weighted by atomic mass is 9.98. The number of hydrogen-bond acceptors (Lipinski definition) is 6. The molecular weight excluding hydrogens is 448 g/mol. The van der Waals surface area contributed by atoms with Crippen LogP contribution in [-0.4, -0.2) is 41.9 Å². The highest BCUT2D eigenvalue weighted by Crippen LogP contribution is 2.44. The highest BCUT2D eigenvalue weighted by atomic mass is 19.3. The van der Waals surface area contributed by atoms with E-state index < -0.39 is 24.6 Å². The Hall–Kier alpha value is -3.69. The summed E-state index contributed by atoms with van der Waals surface area (Å²) >= 11 is 0. The van der Waals surface area contributed by atoms with E-state index in [9.17, 15) is 23.8 Å². The molecule has 1 aliphatic heterocycles. The molecule has 34 heavy (non-hydrogen) atoms. The van der Waals surface area contributed by atoms with Crippen molar-refractivity contribution in [1.82, 2.24) is 5.32 Å². The van der Waals surface area contributed by atoms with Gasteiger partial charge in [0.1, 0.15) is 18.8 Å². The van der Waals surface area contributed by atoms with Gasteiger partial charge in [-0.1, -0.05) is 54.6 Å². The Morgan fingerprint density at radius 2 is 1.59 bits per heavy atom. The second kappa shape index (κ2) is 8.58. The normalized spacial score (nSPS) is 16.9. The van der Waals surface area contributed by atoms with Crippen LogP contribution >= 0.6 is 0 Å². The minimum absolute atomic E-state index is 0.106. The lowest BCUT2D eigenvalue weighted by molar-refractivity contribution is -0.286. The Balaban J connectivity index is 1.17. The molecule has 0 spiro atoms. The molecule has 1 amide bonds. The van der Waals surface area contributed by atoms with Gasteiger partial charge >= 0.3 is 12.4 Å². The zero-order chi connectivity index (χ0) is 23.9. The van der Waals surface area contributed by atoms with Gasteiger partial charge in [0.05, 0.1) is 0 Å². The van der Waals surface area contributed by atoms with Crippen molar-refractivity contribution < 1.29 is 38.0 Å². The Morgan fingerprint density at radius 1 is 0.971 bits per heavy atom. The molecule has 176 valence electrons. The number of aliphatic hydroxyl groups excluding tert-OH is 2. The summed E-state index contributed by atoms with van der Waals surface area (Å²) in [7, 11) is 0. The molecule has 2 unspecified atom stereocenters. The number of fused-ring (bicyclic) bond motifs is 4. The third-order valence-electron chi connectivity index (χ3n) is 5.93. The third kappa shape index (κ3) is 4.15. The molecule has 3 aromatic carbocycles. The molecule has 3 N–H and O–H groups in total. The number of hydrogen-bond donors (Lipinski definition) is 3. The molecule has 2 aliphatic rings. The molecule has 0 bridgehead atoms. The van der Waals surface area contributed by atoms with Gasteiger partial charge in [-0.3, -0.25) is 0 Å². The van der Waals surface area contributed by atoms with Gasteiger partial charge in [-0.15, -0.1) is 8.78 Å². The second-order valence-electron chi connectivity index (χ2n) is 8.09. The number of amides is 1. The number of halogens is 2. The lowest BCUT2D eigenvalue weighted by Gasteiger charge is -2.19. The van der Waals surface area contributed by atoms with E-state index in [0.717, 1.165) is 28.3 Å². The highest BCUT2D eigenvalue weighted by Gasteiger charge is 2.43. The molecule has 2 atom stereocenters. The Kier molecular flexibility index (Phi) is 5.59. The third-order valence-corrected chi connectivity index (χ3v) is 5.93. The average Bonchev–Trinajstić information content (AvgIpc) is 3.32. The smallest absolute Gasteiger partial charge is 0.449 e. The van der Waals surface area contributed by atoms with Crippen molar-refractivity contribution in [2.75, 3.05) is 13.2 Å². The summed E-state index contributed by atoms with van der Waals surface area (Å²) in [6, 6.07) is 19.5. The molecule has 1 aliphatic carbocycles. The molecule has 9 heteroatoms. The van der Waals surface area contributed by atoms with Crippen molar-refractivity contribution in [2.45, 2.75) is 24.4 Å². The first-order valence-electron chi connectivity index (χ1n) is 10.7. The van der Waals surface area contributed by atoms with Crippen molar-refractivity contribution in [3.8, 4) is 22.6 Å². The van der Waals surface area contributed by atoms with Gasteiger partial charge in [0, 0.05) is 12.5 Å². The van der Waals surface area contributed by atoms with Gasteiger partial charge in [-0.25, -0.2) is 4.79 Å². The maximum absolute atomic E-state index is 13.2. The van der Waals surface area contributed by atoms with E-state index in [1.54, 1.807) is 0 Å². The number of carbonyl (C=O) groups is 1. The standard InChI is InChI=1S/C25H21F2NO6/c26-25(27)33-21-10-9-14(11-22(21)34-25)23(30)20(29)12-28-24(31)32-13-19-17-7-3-1-5-15(17)16-6-2-4-8-18(16)19/h1-11,19-20,23,29-30H,12-13H2,(H,28,31). The summed E-state index contributed by atoms with van der Waals surface area (Å²) in [5, 5.41) is 23.1. The molecule has 1 heterocycles. The van der Waals surface area contributed by atoms with Crippen LogP contribution in [0.3, 0.4) is 0 Å². The maximum Gasteiger partial charge on any atom is 0.586 e. The monoisotopic (exact) mass is 469 g/mol. The Morgan fingerprint density at radius 3 is 2.26 bits per heavy atom. The largest absolute Gasteiger partial charge is 0.586 e. The molecule has 3 aromatic rings. The molecule has 0 saturated carbocycles. The number of benzene rings is 3. The zero-order valence-corrected chi connectivity index (χ0v) is 17.8. The van der Waals surface area contributed by atoms with Gasteiger partial charge in [0.15, 0.2) is 11.5 Å². The average molecular weight is 469 g/mol. The molecule has 0 radical (unpaired) electrons. The fourth-order valence-corrected chi connectivity index (χ4v) is 4.32. The van der Waals surface area contributed by atoms with E-state index in [-0.39, 0.29) is 36.1 Å². The number of rotatable bonds is 6. The van der Waals surface area contributed by atoms with Crippen LogP contribution in [0.15, 0.2) is 66.7 Å². The number of alkyl halides is 2. The Bertz CT molecular complexity index is 1190.